The summed E-state index contributed by atoms with van der Waals surface area (Å²) in [5.74, 6) is 0.314. The average molecular weight is 333 g/mol. The van der Waals surface area contributed by atoms with Gasteiger partial charge in [-0.15, -0.1) is 6.58 Å². The van der Waals surface area contributed by atoms with Crippen LogP contribution in [0.25, 0.3) is 0 Å². The molecule has 1 saturated heterocycles. The Morgan fingerprint density at radius 1 is 1.50 bits per heavy atom. The van der Waals surface area contributed by atoms with Gasteiger partial charge in [-0.05, 0) is 37.8 Å². The lowest BCUT2D eigenvalue weighted by Crippen LogP contribution is -2.49. The predicted molar refractivity (Wildman–Crippen MR) is 92.1 cm³/mol. The second-order valence-electron chi connectivity index (χ2n) is 6.36. The third-order valence-corrected chi connectivity index (χ3v) is 4.60. The van der Waals surface area contributed by atoms with Gasteiger partial charge in [0.25, 0.3) is 0 Å². The molecule has 2 amide bonds. The molecule has 1 aliphatic heterocycles. The molecule has 0 spiro atoms. The quantitative estimate of drug-likeness (QED) is 0.631. The van der Waals surface area contributed by atoms with Gasteiger partial charge in [-0.3, -0.25) is 9.59 Å². The molecule has 6 nitrogen and oxygen atoms in total. The van der Waals surface area contributed by atoms with Crippen molar-refractivity contribution >= 4 is 11.8 Å². The third kappa shape index (κ3) is 4.71. The zero-order chi connectivity index (χ0) is 17.5. The summed E-state index contributed by atoms with van der Waals surface area (Å²) >= 11 is 0. The van der Waals surface area contributed by atoms with Gasteiger partial charge in [0.15, 0.2) is 0 Å². The number of carbonyl (C=O) groups excluding carboxylic acids is 2. The van der Waals surface area contributed by atoms with Crippen LogP contribution in [0.2, 0.25) is 0 Å². The number of nitrogens with zero attached hydrogens (tertiary/aromatic N) is 2. The summed E-state index contributed by atoms with van der Waals surface area (Å²) < 4.78 is 5.28. The minimum atomic E-state index is -0.472. The number of carbonyl (C=O) groups is 2. The molecular weight excluding hydrogens is 306 g/mol. The fourth-order valence-electron chi connectivity index (χ4n) is 3.03. The third-order valence-electron chi connectivity index (χ3n) is 4.60. The molecule has 6 heteroatoms. The predicted octanol–water partition coefficient (Wildman–Crippen LogP) is 1.42. The van der Waals surface area contributed by atoms with Crippen LogP contribution in [-0.4, -0.2) is 53.8 Å². The first-order valence-electron chi connectivity index (χ1n) is 8.50. The highest BCUT2D eigenvalue weighted by Crippen LogP contribution is 2.20. The zero-order valence-electron chi connectivity index (χ0n) is 14.3. The molecule has 1 unspecified atom stereocenters. The number of piperidine rings is 1. The van der Waals surface area contributed by atoms with E-state index >= 15 is 0 Å². The maximum Gasteiger partial charge on any atom is 0.312 e. The lowest BCUT2D eigenvalue weighted by molar-refractivity contribution is -0.152. The molecule has 0 aromatic carbocycles. The number of furan rings is 1. The number of likely N-dealkylation sites (tertiary alicyclic amines) is 1. The number of amides is 2. The zero-order valence-corrected chi connectivity index (χ0v) is 14.3. The van der Waals surface area contributed by atoms with Crippen molar-refractivity contribution < 1.29 is 14.0 Å². The monoisotopic (exact) mass is 333 g/mol. The second kappa shape index (κ2) is 8.68. The summed E-state index contributed by atoms with van der Waals surface area (Å²) in [5.41, 5.74) is 5.92. The maximum absolute atomic E-state index is 12.5. The molecule has 0 radical (unpaired) electrons. The van der Waals surface area contributed by atoms with Gasteiger partial charge < -0.3 is 20.0 Å². The van der Waals surface area contributed by atoms with Gasteiger partial charge in [-0.1, -0.05) is 6.08 Å². The van der Waals surface area contributed by atoms with Gasteiger partial charge in [0.1, 0.15) is 5.76 Å². The normalized spacial score (nSPS) is 16.7. The SMILES string of the molecule is C=CCN(CCc1ccco1)C(=O)C(=O)N1CCC(C(C)N)CC1. The second-order valence-corrected chi connectivity index (χ2v) is 6.36. The first kappa shape index (κ1) is 18.3. The smallest absolute Gasteiger partial charge is 0.312 e. The van der Waals surface area contributed by atoms with Crippen molar-refractivity contribution in [1.29, 1.82) is 0 Å². The van der Waals surface area contributed by atoms with Crippen molar-refractivity contribution in [1.82, 2.24) is 9.80 Å². The number of hydrogen-bond donors (Lipinski definition) is 1. The van der Waals surface area contributed by atoms with Crippen LogP contribution in [0, 0.1) is 5.92 Å². The Balaban J connectivity index is 1.90. The van der Waals surface area contributed by atoms with Crippen LogP contribution in [0.1, 0.15) is 25.5 Å². The number of nitrogens with two attached hydrogens (primary N) is 1. The van der Waals surface area contributed by atoms with Crippen molar-refractivity contribution in [2.75, 3.05) is 26.2 Å². The molecule has 2 heterocycles. The van der Waals surface area contributed by atoms with Crippen molar-refractivity contribution in [2.24, 2.45) is 11.7 Å². The van der Waals surface area contributed by atoms with E-state index in [0.29, 0.717) is 38.5 Å². The Morgan fingerprint density at radius 2 is 2.21 bits per heavy atom. The van der Waals surface area contributed by atoms with Gasteiger partial charge >= 0.3 is 11.8 Å². The minimum Gasteiger partial charge on any atom is -0.469 e. The summed E-state index contributed by atoms with van der Waals surface area (Å²) in [6.07, 6.45) is 5.51. The molecule has 1 atom stereocenters. The van der Waals surface area contributed by atoms with Crippen LogP contribution >= 0.6 is 0 Å². The highest BCUT2D eigenvalue weighted by atomic mass is 16.3. The largest absolute Gasteiger partial charge is 0.469 e. The molecule has 2 N–H and O–H groups in total. The molecule has 1 aromatic heterocycles. The van der Waals surface area contributed by atoms with Gasteiger partial charge in [-0.2, -0.15) is 0 Å². The van der Waals surface area contributed by atoms with E-state index < -0.39 is 11.8 Å². The van der Waals surface area contributed by atoms with Crippen LogP contribution in [0.3, 0.4) is 0 Å². The van der Waals surface area contributed by atoms with Gasteiger partial charge in [-0.25, -0.2) is 0 Å². The van der Waals surface area contributed by atoms with Crippen LogP contribution in [-0.2, 0) is 16.0 Å². The van der Waals surface area contributed by atoms with Crippen molar-refractivity contribution in [3.8, 4) is 0 Å². The minimum absolute atomic E-state index is 0.128. The van der Waals surface area contributed by atoms with Crippen molar-refractivity contribution in [3.63, 3.8) is 0 Å². The van der Waals surface area contributed by atoms with Gasteiger partial charge in [0.2, 0.25) is 0 Å². The lowest BCUT2D eigenvalue weighted by atomic mass is 9.91. The Hall–Kier alpha value is -2.08. The lowest BCUT2D eigenvalue weighted by Gasteiger charge is -2.34. The average Bonchev–Trinajstić information content (AvgIpc) is 3.11. The molecule has 1 aliphatic rings. The van der Waals surface area contributed by atoms with Crippen LogP contribution in [0.4, 0.5) is 0 Å². The maximum atomic E-state index is 12.5. The summed E-state index contributed by atoms with van der Waals surface area (Å²) in [4.78, 5) is 28.2. The summed E-state index contributed by atoms with van der Waals surface area (Å²) in [5, 5.41) is 0. The van der Waals surface area contributed by atoms with Crippen LogP contribution in [0.5, 0.6) is 0 Å². The number of rotatable bonds is 6. The van der Waals surface area contributed by atoms with E-state index in [-0.39, 0.29) is 6.04 Å². The molecule has 0 aliphatic carbocycles. The summed E-state index contributed by atoms with van der Waals surface area (Å²) in [6, 6.07) is 3.79. The molecule has 1 aromatic rings. The summed E-state index contributed by atoms with van der Waals surface area (Å²) in [7, 11) is 0. The molecule has 0 bridgehead atoms. The molecule has 0 saturated carbocycles. The standard InChI is InChI=1S/C18H27N3O3/c1-3-9-20(12-8-16-5-4-13-24-16)17(22)18(23)21-10-6-15(7-11-21)14(2)19/h3-5,13-15H,1,6-12,19H2,2H3. The van der Waals surface area contributed by atoms with Crippen LogP contribution < -0.4 is 5.73 Å². The molecule has 1 fully saturated rings. The molecule has 132 valence electrons. The Kier molecular flexibility index (Phi) is 6.61. The molecule has 24 heavy (non-hydrogen) atoms. The van der Waals surface area contributed by atoms with E-state index in [1.165, 1.54) is 4.90 Å². The molecule has 2 rings (SSSR count). The van der Waals surface area contributed by atoms with E-state index in [0.717, 1.165) is 18.6 Å². The Labute approximate surface area is 143 Å². The fourth-order valence-corrected chi connectivity index (χ4v) is 3.03. The van der Waals surface area contributed by atoms with E-state index in [4.69, 9.17) is 10.2 Å². The summed E-state index contributed by atoms with van der Waals surface area (Å²) in [6.45, 7) is 7.63. The van der Waals surface area contributed by atoms with E-state index in [9.17, 15) is 9.59 Å². The molecular formula is C18H27N3O3. The highest BCUT2D eigenvalue weighted by molar-refractivity contribution is 6.34. The Morgan fingerprint density at radius 3 is 2.75 bits per heavy atom. The van der Waals surface area contributed by atoms with E-state index in [2.05, 4.69) is 6.58 Å². The number of hydrogen-bond acceptors (Lipinski definition) is 4. The van der Waals surface area contributed by atoms with Crippen molar-refractivity contribution in [3.05, 3.63) is 36.8 Å². The first-order valence-corrected chi connectivity index (χ1v) is 8.50. The van der Waals surface area contributed by atoms with Gasteiger partial charge in [0, 0.05) is 38.6 Å². The fraction of sp³-hybridized carbons (Fsp3) is 0.556. The topological polar surface area (TPSA) is 79.8 Å². The highest BCUT2D eigenvalue weighted by Gasteiger charge is 2.30. The van der Waals surface area contributed by atoms with Crippen LogP contribution in [0.15, 0.2) is 35.5 Å². The van der Waals surface area contributed by atoms with E-state index in [1.807, 2.05) is 19.1 Å². The Bertz CT molecular complexity index is 546. The first-order chi connectivity index (χ1) is 11.5. The van der Waals surface area contributed by atoms with Crippen molar-refractivity contribution in [2.45, 2.75) is 32.2 Å². The van der Waals surface area contributed by atoms with Gasteiger partial charge in [0.05, 0.1) is 6.26 Å². The van der Waals surface area contributed by atoms with E-state index in [1.54, 1.807) is 17.2 Å².